The van der Waals surface area contributed by atoms with E-state index in [9.17, 15) is 9.59 Å². The fraction of sp³-hybridized carbons (Fsp3) is 0.905. The normalized spacial score (nSPS) is 24.4. The van der Waals surface area contributed by atoms with E-state index in [4.69, 9.17) is 4.74 Å². The third-order valence-electron chi connectivity index (χ3n) is 7.15. The van der Waals surface area contributed by atoms with Crippen molar-refractivity contribution in [3.63, 3.8) is 0 Å². The van der Waals surface area contributed by atoms with Crippen LogP contribution in [0.25, 0.3) is 0 Å². The van der Waals surface area contributed by atoms with Crippen LogP contribution in [0.3, 0.4) is 0 Å². The van der Waals surface area contributed by atoms with Gasteiger partial charge in [0.05, 0.1) is 6.54 Å². The van der Waals surface area contributed by atoms with E-state index >= 15 is 0 Å². The summed E-state index contributed by atoms with van der Waals surface area (Å²) in [5.41, 5.74) is 0.471. The molecule has 0 atom stereocenters. The lowest BCUT2D eigenvalue weighted by Crippen LogP contribution is -2.49. The molecule has 1 spiro atoms. The number of amides is 2. The molecular formula is C21H37N3O3. The molecule has 0 aromatic carbocycles. The Morgan fingerprint density at radius 2 is 1.63 bits per heavy atom. The molecule has 6 heteroatoms. The van der Waals surface area contributed by atoms with Crippen molar-refractivity contribution < 1.29 is 14.3 Å². The number of hydrogen-bond acceptors (Lipinski definition) is 4. The Morgan fingerprint density at radius 1 is 1.04 bits per heavy atom. The van der Waals surface area contributed by atoms with Crippen LogP contribution in [0.15, 0.2) is 0 Å². The molecule has 3 aliphatic rings. The van der Waals surface area contributed by atoms with Gasteiger partial charge in [0.1, 0.15) is 0 Å². The van der Waals surface area contributed by atoms with Gasteiger partial charge in [-0.05, 0) is 70.9 Å². The Bertz CT molecular complexity index is 513. The van der Waals surface area contributed by atoms with Gasteiger partial charge < -0.3 is 14.5 Å². The van der Waals surface area contributed by atoms with Gasteiger partial charge in [-0.2, -0.15) is 0 Å². The molecule has 0 bridgehead atoms. The van der Waals surface area contributed by atoms with Gasteiger partial charge in [-0.1, -0.05) is 0 Å². The summed E-state index contributed by atoms with van der Waals surface area (Å²) in [5, 5.41) is 0. The Kier molecular flexibility index (Phi) is 6.79. The zero-order valence-corrected chi connectivity index (χ0v) is 17.4. The van der Waals surface area contributed by atoms with E-state index in [0.29, 0.717) is 12.0 Å². The van der Waals surface area contributed by atoms with Crippen LogP contribution in [0.5, 0.6) is 0 Å². The van der Waals surface area contributed by atoms with Gasteiger partial charge in [0.25, 0.3) is 0 Å². The smallest absolute Gasteiger partial charge is 0.236 e. The Hall–Kier alpha value is -1.14. The fourth-order valence-corrected chi connectivity index (χ4v) is 4.70. The molecule has 0 aromatic heterocycles. The third-order valence-corrected chi connectivity index (χ3v) is 7.15. The second-order valence-corrected chi connectivity index (χ2v) is 9.09. The van der Waals surface area contributed by atoms with Gasteiger partial charge >= 0.3 is 0 Å². The van der Waals surface area contributed by atoms with Gasteiger partial charge in [0, 0.05) is 45.3 Å². The first-order valence-electron chi connectivity index (χ1n) is 10.7. The molecule has 3 fully saturated rings. The molecule has 0 aliphatic carbocycles. The Morgan fingerprint density at radius 3 is 2.19 bits per heavy atom. The van der Waals surface area contributed by atoms with E-state index in [-0.39, 0.29) is 23.8 Å². The molecule has 3 saturated heterocycles. The summed E-state index contributed by atoms with van der Waals surface area (Å²) in [7, 11) is 1.88. The van der Waals surface area contributed by atoms with Crippen LogP contribution in [0, 0.1) is 11.3 Å². The maximum atomic E-state index is 12.7. The third kappa shape index (κ3) is 5.02. The zero-order valence-electron chi connectivity index (χ0n) is 17.4. The number of hydrogen-bond donors (Lipinski definition) is 0. The predicted molar refractivity (Wildman–Crippen MR) is 105 cm³/mol. The molecule has 3 rings (SSSR count). The molecule has 6 nitrogen and oxygen atoms in total. The summed E-state index contributed by atoms with van der Waals surface area (Å²) in [4.78, 5) is 31.3. The summed E-state index contributed by atoms with van der Waals surface area (Å²) >= 11 is 0. The first-order chi connectivity index (χ1) is 12.9. The number of carbonyl (C=O) groups is 2. The van der Waals surface area contributed by atoms with Crippen LogP contribution in [-0.2, 0) is 14.3 Å². The van der Waals surface area contributed by atoms with E-state index in [0.717, 1.165) is 52.2 Å². The topological polar surface area (TPSA) is 53.1 Å². The van der Waals surface area contributed by atoms with E-state index in [1.807, 2.05) is 30.7 Å². The van der Waals surface area contributed by atoms with Gasteiger partial charge in [0.15, 0.2) is 0 Å². The van der Waals surface area contributed by atoms with Crippen molar-refractivity contribution in [2.45, 2.75) is 58.4 Å². The lowest BCUT2D eigenvalue weighted by molar-refractivity contribution is -0.141. The van der Waals surface area contributed by atoms with Gasteiger partial charge in [0.2, 0.25) is 11.8 Å². The number of carbonyl (C=O) groups excluding carboxylic acids is 2. The van der Waals surface area contributed by atoms with Gasteiger partial charge in [-0.3, -0.25) is 14.5 Å². The standard InChI is InChI=1S/C21H37N3O3/c1-17(2)22(3)20(26)18-4-10-24(11-5-18)19(25)16-23-12-6-21(7-13-23)8-14-27-15-9-21/h17-18H,4-16H2,1-3H3. The number of piperidine rings is 2. The molecule has 0 aromatic rings. The highest BCUT2D eigenvalue weighted by Gasteiger charge is 2.37. The summed E-state index contributed by atoms with van der Waals surface area (Å²) in [6.45, 7) is 9.92. The van der Waals surface area contributed by atoms with Crippen LogP contribution >= 0.6 is 0 Å². The molecule has 27 heavy (non-hydrogen) atoms. The lowest BCUT2D eigenvalue weighted by Gasteiger charge is -2.44. The van der Waals surface area contributed by atoms with Crippen molar-refractivity contribution in [2.75, 3.05) is 53.0 Å². The SMILES string of the molecule is CC(C)N(C)C(=O)C1CCN(C(=O)CN2CCC3(CCOCC3)CC2)CC1. The average Bonchev–Trinajstić information content (AvgIpc) is 2.69. The summed E-state index contributed by atoms with van der Waals surface area (Å²) in [6.07, 6.45) is 6.35. The van der Waals surface area contributed by atoms with Crippen LogP contribution in [0.4, 0.5) is 0 Å². The zero-order chi connectivity index (χ0) is 19.4. The molecule has 0 unspecified atom stereocenters. The number of rotatable bonds is 4. The van der Waals surface area contributed by atoms with E-state index in [1.165, 1.54) is 25.7 Å². The molecule has 2 amide bonds. The minimum Gasteiger partial charge on any atom is -0.381 e. The second-order valence-electron chi connectivity index (χ2n) is 9.09. The van der Waals surface area contributed by atoms with Crippen molar-refractivity contribution in [1.29, 1.82) is 0 Å². The van der Waals surface area contributed by atoms with Crippen molar-refractivity contribution in [3.8, 4) is 0 Å². The van der Waals surface area contributed by atoms with Crippen molar-refractivity contribution >= 4 is 11.8 Å². The van der Waals surface area contributed by atoms with Crippen molar-refractivity contribution in [1.82, 2.24) is 14.7 Å². The summed E-state index contributed by atoms with van der Waals surface area (Å²) in [6, 6.07) is 0.232. The van der Waals surface area contributed by atoms with E-state index < -0.39 is 0 Å². The Balaban J connectivity index is 1.40. The molecule has 0 saturated carbocycles. The highest BCUT2D eigenvalue weighted by molar-refractivity contribution is 5.81. The second kappa shape index (κ2) is 8.91. The fourth-order valence-electron chi connectivity index (χ4n) is 4.70. The predicted octanol–water partition coefficient (Wildman–Crippen LogP) is 1.98. The van der Waals surface area contributed by atoms with Crippen LogP contribution in [0.2, 0.25) is 0 Å². The van der Waals surface area contributed by atoms with Crippen molar-refractivity contribution in [3.05, 3.63) is 0 Å². The molecule has 154 valence electrons. The summed E-state index contributed by atoms with van der Waals surface area (Å²) in [5.74, 6) is 0.542. The van der Waals surface area contributed by atoms with Gasteiger partial charge in [-0.15, -0.1) is 0 Å². The maximum Gasteiger partial charge on any atom is 0.236 e. The average molecular weight is 380 g/mol. The van der Waals surface area contributed by atoms with Crippen LogP contribution in [-0.4, -0.2) is 85.5 Å². The van der Waals surface area contributed by atoms with Gasteiger partial charge in [-0.25, -0.2) is 0 Å². The number of likely N-dealkylation sites (tertiary alicyclic amines) is 2. The maximum absolute atomic E-state index is 12.7. The number of ether oxygens (including phenoxy) is 1. The van der Waals surface area contributed by atoms with E-state index in [1.54, 1.807) is 0 Å². The van der Waals surface area contributed by atoms with Crippen molar-refractivity contribution in [2.24, 2.45) is 11.3 Å². The van der Waals surface area contributed by atoms with Crippen LogP contribution in [0.1, 0.15) is 52.4 Å². The molecule has 3 aliphatic heterocycles. The Labute approximate surface area is 164 Å². The lowest BCUT2D eigenvalue weighted by atomic mass is 9.72. The summed E-state index contributed by atoms with van der Waals surface area (Å²) < 4.78 is 5.52. The first-order valence-corrected chi connectivity index (χ1v) is 10.7. The minimum atomic E-state index is 0.0739. The molecule has 0 N–H and O–H groups in total. The molecule has 3 heterocycles. The molecule has 0 radical (unpaired) electrons. The quantitative estimate of drug-likeness (QED) is 0.750. The first kappa shape index (κ1) is 20.6. The monoisotopic (exact) mass is 379 g/mol. The van der Waals surface area contributed by atoms with E-state index in [2.05, 4.69) is 4.90 Å². The largest absolute Gasteiger partial charge is 0.381 e. The highest BCUT2D eigenvalue weighted by Crippen LogP contribution is 2.40. The minimum absolute atomic E-state index is 0.0739. The molecular weight excluding hydrogens is 342 g/mol. The number of nitrogens with zero attached hydrogens (tertiary/aromatic N) is 3. The highest BCUT2D eigenvalue weighted by atomic mass is 16.5. The van der Waals surface area contributed by atoms with Crippen LogP contribution < -0.4 is 0 Å².